The van der Waals surface area contributed by atoms with Crippen LogP contribution in [0.4, 0.5) is 4.79 Å². The number of carbonyl (C=O) groups is 2. The first-order valence-corrected chi connectivity index (χ1v) is 5.99. The van der Waals surface area contributed by atoms with Gasteiger partial charge in [-0.05, 0) is 18.8 Å². The lowest BCUT2D eigenvalue weighted by atomic mass is 9.97. The second-order valence-electron chi connectivity index (χ2n) is 5.89. The zero-order valence-corrected chi connectivity index (χ0v) is 11.0. The van der Waals surface area contributed by atoms with E-state index in [9.17, 15) is 9.59 Å². The van der Waals surface area contributed by atoms with Gasteiger partial charge in [0.05, 0.1) is 5.92 Å². The molecule has 2 N–H and O–H groups in total. The van der Waals surface area contributed by atoms with Crippen molar-refractivity contribution in [1.29, 1.82) is 0 Å². The summed E-state index contributed by atoms with van der Waals surface area (Å²) in [7, 11) is 0. The number of rotatable bonds is 2. The van der Waals surface area contributed by atoms with Crippen LogP contribution < -0.4 is 5.32 Å². The maximum atomic E-state index is 11.9. The van der Waals surface area contributed by atoms with Gasteiger partial charge in [0.1, 0.15) is 0 Å². The molecule has 1 heterocycles. The first-order chi connectivity index (χ1) is 7.72. The third-order valence-electron chi connectivity index (χ3n) is 3.10. The third-order valence-corrected chi connectivity index (χ3v) is 3.10. The molecular weight excluding hydrogens is 220 g/mol. The van der Waals surface area contributed by atoms with E-state index in [1.807, 2.05) is 20.8 Å². The normalized spacial score (nSPS) is 24.8. The number of nitrogens with zero attached hydrogens (tertiary/aromatic N) is 1. The van der Waals surface area contributed by atoms with Crippen molar-refractivity contribution in [3.63, 3.8) is 0 Å². The van der Waals surface area contributed by atoms with E-state index < -0.39 is 11.9 Å². The highest BCUT2D eigenvalue weighted by Gasteiger charge is 2.38. The van der Waals surface area contributed by atoms with Crippen molar-refractivity contribution >= 4 is 12.0 Å². The quantitative estimate of drug-likeness (QED) is 0.771. The van der Waals surface area contributed by atoms with Crippen LogP contribution in [0.3, 0.4) is 0 Å². The van der Waals surface area contributed by atoms with Crippen molar-refractivity contribution in [2.24, 2.45) is 11.3 Å². The maximum absolute atomic E-state index is 11.9. The molecule has 5 heteroatoms. The zero-order valence-electron chi connectivity index (χ0n) is 11.0. The summed E-state index contributed by atoms with van der Waals surface area (Å²) in [4.78, 5) is 24.4. The van der Waals surface area contributed by atoms with Crippen molar-refractivity contribution in [3.8, 4) is 0 Å². The average Bonchev–Trinajstić information content (AvgIpc) is 2.55. The highest BCUT2D eigenvalue weighted by molar-refractivity contribution is 5.78. The minimum Gasteiger partial charge on any atom is -0.481 e. The molecule has 2 amide bonds. The Bertz CT molecular complexity index is 309. The minimum atomic E-state index is -0.816. The molecule has 0 aliphatic carbocycles. The molecule has 0 saturated carbocycles. The lowest BCUT2D eigenvalue weighted by Crippen LogP contribution is -2.46. The Balaban J connectivity index is 2.52. The van der Waals surface area contributed by atoms with E-state index in [1.54, 1.807) is 11.8 Å². The fraction of sp³-hybridized carbons (Fsp3) is 0.833. The molecule has 1 aliphatic heterocycles. The molecule has 1 fully saturated rings. The van der Waals surface area contributed by atoms with E-state index in [1.165, 1.54) is 0 Å². The highest BCUT2D eigenvalue weighted by atomic mass is 16.4. The Morgan fingerprint density at radius 3 is 2.41 bits per heavy atom. The number of urea groups is 1. The zero-order chi connectivity index (χ0) is 13.2. The number of hydrogen-bond acceptors (Lipinski definition) is 2. The molecule has 1 rings (SSSR count). The van der Waals surface area contributed by atoms with Gasteiger partial charge in [-0.2, -0.15) is 0 Å². The van der Waals surface area contributed by atoms with Crippen molar-refractivity contribution in [2.45, 2.75) is 40.2 Å². The molecular formula is C12H22N2O3. The smallest absolute Gasteiger partial charge is 0.317 e. The molecule has 2 unspecified atom stereocenters. The number of amides is 2. The van der Waals surface area contributed by atoms with Gasteiger partial charge < -0.3 is 15.3 Å². The van der Waals surface area contributed by atoms with Crippen molar-refractivity contribution < 1.29 is 14.7 Å². The van der Waals surface area contributed by atoms with Crippen LogP contribution in [-0.4, -0.2) is 41.1 Å². The second-order valence-corrected chi connectivity index (χ2v) is 5.89. The molecule has 1 saturated heterocycles. The van der Waals surface area contributed by atoms with Crippen molar-refractivity contribution in [2.75, 3.05) is 13.1 Å². The van der Waals surface area contributed by atoms with Gasteiger partial charge in [0.15, 0.2) is 0 Å². The molecule has 2 atom stereocenters. The summed E-state index contributed by atoms with van der Waals surface area (Å²) < 4.78 is 0. The molecule has 98 valence electrons. The van der Waals surface area contributed by atoms with E-state index >= 15 is 0 Å². The summed E-state index contributed by atoms with van der Waals surface area (Å²) in [6, 6.07) is -0.386. The topological polar surface area (TPSA) is 69.6 Å². The van der Waals surface area contributed by atoms with Gasteiger partial charge in [-0.15, -0.1) is 0 Å². The van der Waals surface area contributed by atoms with Crippen LogP contribution in [0.5, 0.6) is 0 Å². The fourth-order valence-corrected chi connectivity index (χ4v) is 2.00. The average molecular weight is 242 g/mol. The van der Waals surface area contributed by atoms with Crippen LogP contribution in [-0.2, 0) is 4.79 Å². The lowest BCUT2D eigenvalue weighted by molar-refractivity contribution is -0.142. The molecule has 0 aromatic heterocycles. The first kappa shape index (κ1) is 13.8. The predicted molar refractivity (Wildman–Crippen MR) is 64.8 cm³/mol. The Morgan fingerprint density at radius 2 is 2.00 bits per heavy atom. The van der Waals surface area contributed by atoms with Crippen LogP contribution in [0.1, 0.15) is 34.1 Å². The predicted octanol–water partition coefficient (Wildman–Crippen LogP) is 1.54. The van der Waals surface area contributed by atoms with Crippen molar-refractivity contribution in [1.82, 2.24) is 10.2 Å². The van der Waals surface area contributed by atoms with E-state index in [2.05, 4.69) is 5.32 Å². The SMILES string of the molecule is CC1C(C(=O)O)CCN1C(=O)NCC(C)(C)C. The first-order valence-electron chi connectivity index (χ1n) is 5.99. The third kappa shape index (κ3) is 3.61. The molecule has 0 aromatic carbocycles. The van der Waals surface area contributed by atoms with Gasteiger partial charge in [0.2, 0.25) is 0 Å². The molecule has 17 heavy (non-hydrogen) atoms. The van der Waals surface area contributed by atoms with Gasteiger partial charge in [0.25, 0.3) is 0 Å². The highest BCUT2D eigenvalue weighted by Crippen LogP contribution is 2.24. The van der Waals surface area contributed by atoms with Crippen LogP contribution in [0, 0.1) is 11.3 Å². The van der Waals surface area contributed by atoms with Gasteiger partial charge in [-0.1, -0.05) is 20.8 Å². The summed E-state index contributed by atoms with van der Waals surface area (Å²) >= 11 is 0. The summed E-state index contributed by atoms with van der Waals surface area (Å²) in [5, 5.41) is 11.8. The Hall–Kier alpha value is -1.26. The largest absolute Gasteiger partial charge is 0.481 e. The summed E-state index contributed by atoms with van der Waals surface area (Å²) in [6.07, 6.45) is 0.541. The summed E-state index contributed by atoms with van der Waals surface area (Å²) in [5.41, 5.74) is 0.0326. The second kappa shape index (κ2) is 4.94. The summed E-state index contributed by atoms with van der Waals surface area (Å²) in [5.74, 6) is -1.25. The minimum absolute atomic E-state index is 0.0326. The molecule has 0 spiro atoms. The molecule has 0 radical (unpaired) electrons. The standard InChI is InChI=1S/C12H22N2O3/c1-8-9(10(15)16)5-6-14(8)11(17)13-7-12(2,3)4/h8-9H,5-7H2,1-4H3,(H,13,17)(H,15,16). The summed E-state index contributed by atoms with van der Waals surface area (Å²) in [6.45, 7) is 9.03. The van der Waals surface area contributed by atoms with E-state index in [0.717, 1.165) is 0 Å². The van der Waals surface area contributed by atoms with Crippen molar-refractivity contribution in [3.05, 3.63) is 0 Å². The molecule has 1 aliphatic rings. The lowest BCUT2D eigenvalue weighted by Gasteiger charge is -2.26. The molecule has 0 bridgehead atoms. The van der Waals surface area contributed by atoms with Crippen LogP contribution in [0.25, 0.3) is 0 Å². The number of nitrogens with one attached hydrogen (secondary N) is 1. The fourth-order valence-electron chi connectivity index (χ4n) is 2.00. The van der Waals surface area contributed by atoms with E-state index in [0.29, 0.717) is 19.5 Å². The molecule has 0 aromatic rings. The van der Waals surface area contributed by atoms with Gasteiger partial charge in [0, 0.05) is 19.1 Å². The Morgan fingerprint density at radius 1 is 1.41 bits per heavy atom. The maximum Gasteiger partial charge on any atom is 0.317 e. The van der Waals surface area contributed by atoms with Crippen LogP contribution in [0.15, 0.2) is 0 Å². The van der Waals surface area contributed by atoms with Crippen LogP contribution in [0.2, 0.25) is 0 Å². The number of carboxylic acid groups (broad SMARTS) is 1. The van der Waals surface area contributed by atoms with Gasteiger partial charge in [-0.3, -0.25) is 4.79 Å². The molecule has 5 nitrogen and oxygen atoms in total. The van der Waals surface area contributed by atoms with E-state index in [4.69, 9.17) is 5.11 Å². The Labute approximate surface area is 102 Å². The van der Waals surface area contributed by atoms with E-state index in [-0.39, 0.29) is 17.5 Å². The number of carboxylic acids is 1. The number of hydrogen-bond donors (Lipinski definition) is 2. The Kier molecular flexibility index (Phi) is 4.01. The number of aliphatic carboxylic acids is 1. The van der Waals surface area contributed by atoms with Gasteiger partial charge >= 0.3 is 12.0 Å². The number of carbonyl (C=O) groups excluding carboxylic acids is 1. The van der Waals surface area contributed by atoms with Crippen LogP contribution >= 0.6 is 0 Å². The van der Waals surface area contributed by atoms with Gasteiger partial charge in [-0.25, -0.2) is 4.79 Å². The number of likely N-dealkylation sites (tertiary alicyclic amines) is 1. The monoisotopic (exact) mass is 242 g/mol.